The van der Waals surface area contributed by atoms with Gasteiger partial charge in [0.05, 0.1) is 0 Å². The minimum atomic E-state index is -0.557. The lowest BCUT2D eigenvalue weighted by molar-refractivity contribution is -0.117. The van der Waals surface area contributed by atoms with Crippen molar-refractivity contribution >= 4 is 5.91 Å². The molecular formula is C28H36F2N2O3. The number of carbonyl (C=O) groups is 1. The van der Waals surface area contributed by atoms with Crippen molar-refractivity contribution in [3.8, 4) is 0 Å². The molecule has 5 rings (SSSR count). The van der Waals surface area contributed by atoms with E-state index in [1.54, 1.807) is 0 Å². The quantitative estimate of drug-likeness (QED) is 0.587. The van der Waals surface area contributed by atoms with Crippen molar-refractivity contribution in [1.29, 1.82) is 0 Å². The van der Waals surface area contributed by atoms with E-state index in [4.69, 9.17) is 0 Å². The van der Waals surface area contributed by atoms with Crippen LogP contribution in [0.3, 0.4) is 0 Å². The van der Waals surface area contributed by atoms with E-state index in [2.05, 4.69) is 16.3 Å². The molecule has 2 heterocycles. The van der Waals surface area contributed by atoms with Crippen LogP contribution in [0.2, 0.25) is 0 Å². The summed E-state index contributed by atoms with van der Waals surface area (Å²) < 4.78 is 29.4. The Balaban J connectivity index is 1.36. The highest BCUT2D eigenvalue weighted by Gasteiger charge is 2.45. The standard InChI is InChI=1S/C28H36F2N2O3/c29-22-13-21-12-18(11-19(16-33)17-34)15-28(26(21)24(30)14-22)7-9-32(10-8-28)25-6-5-20-3-1-2-4-23(20)27(35)31-25/h6,13-14,18-19,33-34H,1-5,7-12,15-17H2,(H,31,35). The highest BCUT2D eigenvalue weighted by Crippen LogP contribution is 2.49. The number of aliphatic hydroxyl groups excluding tert-OH is 2. The van der Waals surface area contributed by atoms with Gasteiger partial charge < -0.3 is 20.4 Å². The second-order valence-electron chi connectivity index (χ2n) is 11.0. The summed E-state index contributed by atoms with van der Waals surface area (Å²) in [6.45, 7) is 1.18. The van der Waals surface area contributed by atoms with Crippen molar-refractivity contribution in [2.45, 2.75) is 69.6 Å². The summed E-state index contributed by atoms with van der Waals surface area (Å²) in [5.41, 5.74) is 3.17. The van der Waals surface area contributed by atoms with E-state index in [-0.39, 0.29) is 31.0 Å². The summed E-state index contributed by atoms with van der Waals surface area (Å²) in [5.74, 6) is -0.224. The zero-order chi connectivity index (χ0) is 24.6. The molecule has 1 saturated heterocycles. The number of benzene rings is 1. The zero-order valence-corrected chi connectivity index (χ0v) is 20.3. The van der Waals surface area contributed by atoms with Crippen LogP contribution >= 0.6 is 0 Å². The molecule has 1 spiro atoms. The van der Waals surface area contributed by atoms with Gasteiger partial charge in [0.15, 0.2) is 0 Å². The van der Waals surface area contributed by atoms with Gasteiger partial charge in [-0.3, -0.25) is 4.79 Å². The fourth-order valence-electron chi connectivity index (χ4n) is 7.03. The van der Waals surface area contributed by atoms with Gasteiger partial charge in [0.25, 0.3) is 5.91 Å². The van der Waals surface area contributed by atoms with E-state index in [1.165, 1.54) is 11.6 Å². The van der Waals surface area contributed by atoms with Gasteiger partial charge in [-0.05, 0) is 93.4 Å². The summed E-state index contributed by atoms with van der Waals surface area (Å²) in [6, 6.07) is 2.47. The first-order chi connectivity index (χ1) is 16.9. The average Bonchev–Trinajstić information content (AvgIpc) is 3.01. The number of fused-ring (bicyclic) bond motifs is 2. The van der Waals surface area contributed by atoms with Gasteiger partial charge in [0, 0.05) is 49.3 Å². The van der Waals surface area contributed by atoms with Crippen LogP contribution in [-0.4, -0.2) is 47.3 Å². The maximum Gasteiger partial charge on any atom is 0.252 e. The average molecular weight is 487 g/mol. The molecule has 2 aliphatic carbocycles. The second-order valence-corrected chi connectivity index (χ2v) is 11.0. The van der Waals surface area contributed by atoms with Gasteiger partial charge in [-0.15, -0.1) is 0 Å². The van der Waals surface area contributed by atoms with Crippen LogP contribution in [0.1, 0.15) is 68.9 Å². The molecule has 0 radical (unpaired) electrons. The van der Waals surface area contributed by atoms with Gasteiger partial charge in [-0.25, -0.2) is 8.78 Å². The van der Waals surface area contributed by atoms with E-state index >= 15 is 4.39 Å². The SMILES string of the molecule is O=C1NC(N2CCC3(CC2)CC(CC(CO)CO)Cc2cc(F)cc(F)c23)=CCC2=C1CCCC2. The molecule has 1 atom stereocenters. The number of nitrogens with zero attached hydrogens (tertiary/aromatic N) is 1. The number of hydrogen-bond acceptors (Lipinski definition) is 4. The third kappa shape index (κ3) is 4.77. The topological polar surface area (TPSA) is 72.8 Å². The summed E-state index contributed by atoms with van der Waals surface area (Å²) >= 11 is 0. The largest absolute Gasteiger partial charge is 0.396 e. The lowest BCUT2D eigenvalue weighted by atomic mass is 9.60. The van der Waals surface area contributed by atoms with Crippen molar-refractivity contribution in [1.82, 2.24) is 10.2 Å². The first-order valence-electron chi connectivity index (χ1n) is 13.1. The van der Waals surface area contributed by atoms with Gasteiger partial charge >= 0.3 is 0 Å². The summed E-state index contributed by atoms with van der Waals surface area (Å²) in [4.78, 5) is 15.1. The van der Waals surface area contributed by atoms with Gasteiger partial charge in [0.1, 0.15) is 17.5 Å². The minimum absolute atomic E-state index is 0.0207. The zero-order valence-electron chi connectivity index (χ0n) is 20.3. The van der Waals surface area contributed by atoms with Gasteiger partial charge in [-0.1, -0.05) is 5.57 Å². The first-order valence-corrected chi connectivity index (χ1v) is 13.1. The predicted molar refractivity (Wildman–Crippen MR) is 129 cm³/mol. The van der Waals surface area contributed by atoms with E-state index in [1.807, 2.05) is 0 Å². The van der Waals surface area contributed by atoms with Gasteiger partial charge in [-0.2, -0.15) is 0 Å². The molecular weight excluding hydrogens is 450 g/mol. The maximum atomic E-state index is 15.2. The van der Waals surface area contributed by atoms with E-state index in [9.17, 15) is 19.4 Å². The molecule has 0 aromatic heterocycles. The highest BCUT2D eigenvalue weighted by atomic mass is 19.1. The van der Waals surface area contributed by atoms with Crippen molar-refractivity contribution in [2.75, 3.05) is 26.3 Å². The fraction of sp³-hybridized carbons (Fsp3) is 0.607. The van der Waals surface area contributed by atoms with E-state index < -0.39 is 17.0 Å². The van der Waals surface area contributed by atoms with Crippen LogP contribution < -0.4 is 5.32 Å². The van der Waals surface area contributed by atoms with E-state index in [0.717, 1.165) is 61.5 Å². The molecule has 4 aliphatic rings. The molecule has 5 nitrogen and oxygen atoms in total. The lowest BCUT2D eigenvalue weighted by Gasteiger charge is -2.49. The number of piperidine rings is 1. The molecule has 2 aliphatic heterocycles. The molecule has 35 heavy (non-hydrogen) atoms. The lowest BCUT2D eigenvalue weighted by Crippen LogP contribution is -2.48. The Kier molecular flexibility index (Phi) is 6.99. The molecule has 190 valence electrons. The number of likely N-dealkylation sites (tertiary alicyclic amines) is 1. The molecule has 1 aromatic rings. The minimum Gasteiger partial charge on any atom is -0.396 e. The number of rotatable bonds is 5. The summed E-state index contributed by atoms with van der Waals surface area (Å²) in [5, 5.41) is 22.4. The first kappa shape index (κ1) is 24.4. The Morgan fingerprint density at radius 3 is 2.60 bits per heavy atom. The van der Waals surface area contributed by atoms with Crippen molar-refractivity contribution in [3.05, 3.63) is 57.9 Å². The van der Waals surface area contributed by atoms with Crippen LogP contribution in [0.5, 0.6) is 0 Å². The number of carbonyl (C=O) groups excluding carboxylic acids is 1. The Bertz CT molecular complexity index is 1040. The maximum absolute atomic E-state index is 15.2. The third-order valence-electron chi connectivity index (χ3n) is 8.74. The number of aliphatic hydroxyl groups is 2. The molecule has 3 N–H and O–H groups in total. The second kappa shape index (κ2) is 10.0. The normalized spacial score (nSPS) is 24.1. The number of allylic oxidation sites excluding steroid dienone is 2. The Labute approximate surface area is 205 Å². The summed E-state index contributed by atoms with van der Waals surface area (Å²) in [7, 11) is 0. The Morgan fingerprint density at radius 2 is 1.86 bits per heavy atom. The van der Waals surface area contributed by atoms with Crippen LogP contribution in [0.25, 0.3) is 0 Å². The predicted octanol–water partition coefficient (Wildman–Crippen LogP) is 4.08. The van der Waals surface area contributed by atoms with Crippen LogP contribution in [0, 0.1) is 23.5 Å². The summed E-state index contributed by atoms with van der Waals surface area (Å²) in [6.07, 6.45) is 10.3. The Hall–Kier alpha value is -2.25. The molecule has 1 amide bonds. The highest BCUT2D eigenvalue weighted by molar-refractivity contribution is 5.95. The van der Waals surface area contributed by atoms with Crippen LogP contribution in [0.4, 0.5) is 8.78 Å². The third-order valence-corrected chi connectivity index (χ3v) is 8.74. The van der Waals surface area contributed by atoms with Crippen molar-refractivity contribution in [3.63, 3.8) is 0 Å². The Morgan fingerprint density at radius 1 is 1.11 bits per heavy atom. The number of hydrogen-bond donors (Lipinski definition) is 3. The number of amides is 1. The molecule has 0 saturated carbocycles. The molecule has 1 aromatic carbocycles. The molecule has 1 unspecified atom stereocenters. The fourth-order valence-corrected chi connectivity index (χ4v) is 7.03. The molecule has 7 heteroatoms. The number of nitrogens with one attached hydrogen (secondary N) is 1. The van der Waals surface area contributed by atoms with Gasteiger partial charge in [0.2, 0.25) is 0 Å². The number of halogens is 2. The van der Waals surface area contributed by atoms with Crippen molar-refractivity contribution in [2.24, 2.45) is 11.8 Å². The molecule has 0 bridgehead atoms. The monoisotopic (exact) mass is 486 g/mol. The molecule has 1 fully saturated rings. The van der Waals surface area contributed by atoms with Crippen LogP contribution in [-0.2, 0) is 16.6 Å². The van der Waals surface area contributed by atoms with Crippen LogP contribution in [0.15, 0.2) is 35.2 Å². The van der Waals surface area contributed by atoms with Crippen molar-refractivity contribution < 1.29 is 23.8 Å². The smallest absolute Gasteiger partial charge is 0.252 e. The van der Waals surface area contributed by atoms with E-state index in [0.29, 0.717) is 44.3 Å².